The smallest absolute Gasteiger partial charge is 0.323 e. The van der Waals surface area contributed by atoms with Crippen LogP contribution in [-0.2, 0) is 9.53 Å². The summed E-state index contributed by atoms with van der Waals surface area (Å²) in [4.78, 5) is 21.1. The molecule has 1 aliphatic heterocycles. The van der Waals surface area contributed by atoms with Gasteiger partial charge in [-0.3, -0.25) is 4.79 Å². The van der Waals surface area contributed by atoms with Gasteiger partial charge >= 0.3 is 5.97 Å². The van der Waals surface area contributed by atoms with Gasteiger partial charge in [-0.15, -0.1) is 0 Å². The monoisotopic (exact) mass is 379 g/mol. The van der Waals surface area contributed by atoms with E-state index in [1.807, 2.05) is 48.5 Å². The number of fused-ring (bicyclic) bond motifs is 1. The number of benzene rings is 2. The highest BCUT2D eigenvalue weighted by atomic mass is 16.5. The summed E-state index contributed by atoms with van der Waals surface area (Å²) in [5.41, 5.74) is 1.67. The van der Waals surface area contributed by atoms with Gasteiger partial charge in [-0.2, -0.15) is 4.98 Å². The fraction of sp³-hybridized carbons (Fsp3) is 0.286. The molecule has 0 bridgehead atoms. The molecule has 1 aromatic heterocycles. The lowest BCUT2D eigenvalue weighted by Crippen LogP contribution is -2.31. The van der Waals surface area contributed by atoms with Gasteiger partial charge in [0.25, 0.3) is 0 Å². The molecule has 2 aromatic carbocycles. The average Bonchev–Trinajstić information content (AvgIpc) is 3.22. The number of esters is 1. The summed E-state index contributed by atoms with van der Waals surface area (Å²) < 4.78 is 16.3. The summed E-state index contributed by atoms with van der Waals surface area (Å²) in [5.74, 6) is 1.47. The van der Waals surface area contributed by atoms with Gasteiger partial charge in [-0.25, -0.2) is 4.98 Å². The fourth-order valence-electron chi connectivity index (χ4n) is 3.29. The fourth-order valence-corrected chi connectivity index (χ4v) is 3.29. The molecule has 144 valence electrons. The van der Waals surface area contributed by atoms with E-state index in [4.69, 9.17) is 14.2 Å². The van der Waals surface area contributed by atoms with Crippen LogP contribution in [0.1, 0.15) is 6.42 Å². The highest BCUT2D eigenvalue weighted by molar-refractivity contribution is 5.86. The summed E-state index contributed by atoms with van der Waals surface area (Å²) >= 11 is 0. The van der Waals surface area contributed by atoms with Gasteiger partial charge in [0.1, 0.15) is 17.9 Å². The van der Waals surface area contributed by atoms with Crippen molar-refractivity contribution in [1.82, 2.24) is 15.3 Å². The molecule has 4 rings (SSSR count). The minimum atomic E-state index is -0.369. The van der Waals surface area contributed by atoms with E-state index in [0.717, 1.165) is 16.5 Å². The van der Waals surface area contributed by atoms with E-state index in [-0.39, 0.29) is 18.1 Å². The molecular weight excluding hydrogens is 358 g/mol. The second kappa shape index (κ2) is 7.82. The molecule has 7 heteroatoms. The minimum absolute atomic E-state index is 0.197. The summed E-state index contributed by atoms with van der Waals surface area (Å²) in [6.07, 6.45) is 0.319. The van der Waals surface area contributed by atoms with Crippen LogP contribution in [0.3, 0.4) is 0 Å². The van der Waals surface area contributed by atoms with Gasteiger partial charge < -0.3 is 19.5 Å². The Morgan fingerprint density at radius 2 is 1.93 bits per heavy atom. The molecule has 7 nitrogen and oxygen atoms in total. The van der Waals surface area contributed by atoms with Crippen molar-refractivity contribution >= 4 is 16.9 Å². The van der Waals surface area contributed by atoms with Crippen LogP contribution in [0, 0.1) is 0 Å². The molecule has 28 heavy (non-hydrogen) atoms. The Labute approximate surface area is 162 Å². The molecule has 1 saturated heterocycles. The van der Waals surface area contributed by atoms with E-state index < -0.39 is 0 Å². The maximum absolute atomic E-state index is 11.8. The van der Waals surface area contributed by atoms with Crippen LogP contribution in [0.4, 0.5) is 0 Å². The summed E-state index contributed by atoms with van der Waals surface area (Å²) in [7, 11) is 3.00. The number of nitrogens with zero attached hydrogens (tertiary/aromatic N) is 2. The third-order valence-corrected chi connectivity index (χ3v) is 4.75. The maximum atomic E-state index is 11.8. The van der Waals surface area contributed by atoms with Gasteiger partial charge in [-0.05, 0) is 18.2 Å². The third kappa shape index (κ3) is 3.61. The van der Waals surface area contributed by atoms with Crippen molar-refractivity contribution in [2.24, 2.45) is 0 Å². The van der Waals surface area contributed by atoms with Gasteiger partial charge in [0.2, 0.25) is 5.88 Å². The number of ether oxygens (including phenoxy) is 3. The van der Waals surface area contributed by atoms with E-state index in [2.05, 4.69) is 15.3 Å². The Kier molecular flexibility index (Phi) is 5.08. The number of rotatable bonds is 5. The molecule has 1 fully saturated rings. The van der Waals surface area contributed by atoms with E-state index >= 15 is 0 Å². The van der Waals surface area contributed by atoms with Gasteiger partial charge in [0, 0.05) is 18.5 Å². The second-order valence-electron chi connectivity index (χ2n) is 6.56. The lowest BCUT2D eigenvalue weighted by molar-refractivity contribution is -0.142. The Hall–Kier alpha value is -3.19. The van der Waals surface area contributed by atoms with Crippen molar-refractivity contribution < 1.29 is 19.0 Å². The molecule has 0 aliphatic carbocycles. The first kappa shape index (κ1) is 18.2. The Morgan fingerprint density at radius 1 is 1.11 bits per heavy atom. The molecule has 1 aliphatic rings. The van der Waals surface area contributed by atoms with Crippen molar-refractivity contribution in [3.05, 3.63) is 48.5 Å². The average molecular weight is 379 g/mol. The zero-order valence-corrected chi connectivity index (χ0v) is 15.7. The van der Waals surface area contributed by atoms with E-state index in [1.54, 1.807) is 7.11 Å². The van der Waals surface area contributed by atoms with Gasteiger partial charge in [-0.1, -0.05) is 30.3 Å². The number of aromatic nitrogens is 2. The van der Waals surface area contributed by atoms with Crippen LogP contribution in [0.5, 0.6) is 11.6 Å². The molecule has 2 atom stereocenters. The zero-order valence-electron chi connectivity index (χ0n) is 15.7. The van der Waals surface area contributed by atoms with E-state index in [1.165, 1.54) is 7.11 Å². The van der Waals surface area contributed by atoms with Crippen molar-refractivity contribution in [2.45, 2.75) is 18.6 Å². The van der Waals surface area contributed by atoms with Crippen LogP contribution >= 0.6 is 0 Å². The molecular formula is C21H21N3O4. The molecule has 0 amide bonds. The predicted octanol–water partition coefficient (Wildman–Crippen LogP) is 2.59. The van der Waals surface area contributed by atoms with E-state index in [9.17, 15) is 4.79 Å². The third-order valence-electron chi connectivity index (χ3n) is 4.75. The number of carbonyl (C=O) groups excluding carboxylic acids is 1. The van der Waals surface area contributed by atoms with Gasteiger partial charge in [0.15, 0.2) is 5.82 Å². The molecule has 0 spiro atoms. The zero-order chi connectivity index (χ0) is 19.5. The Morgan fingerprint density at radius 3 is 2.68 bits per heavy atom. The first-order valence-electron chi connectivity index (χ1n) is 9.07. The predicted molar refractivity (Wildman–Crippen MR) is 104 cm³/mol. The maximum Gasteiger partial charge on any atom is 0.323 e. The number of nitrogens with one attached hydrogen (secondary N) is 1. The van der Waals surface area contributed by atoms with Crippen molar-refractivity contribution in [3.8, 4) is 23.0 Å². The van der Waals surface area contributed by atoms with Crippen LogP contribution in [0.2, 0.25) is 0 Å². The number of methoxy groups -OCH3 is 2. The van der Waals surface area contributed by atoms with Crippen LogP contribution in [-0.4, -0.2) is 48.8 Å². The summed E-state index contributed by atoms with van der Waals surface area (Å²) in [5, 5.41) is 3.89. The van der Waals surface area contributed by atoms with E-state index in [0.29, 0.717) is 30.4 Å². The van der Waals surface area contributed by atoms with Crippen molar-refractivity contribution in [1.29, 1.82) is 0 Å². The quantitative estimate of drug-likeness (QED) is 0.682. The Balaban J connectivity index is 1.71. The highest BCUT2D eigenvalue weighted by Gasteiger charge is 2.32. The topological polar surface area (TPSA) is 82.6 Å². The second-order valence-corrected chi connectivity index (χ2v) is 6.56. The van der Waals surface area contributed by atoms with Crippen molar-refractivity contribution in [2.75, 3.05) is 20.8 Å². The van der Waals surface area contributed by atoms with Crippen LogP contribution in [0.15, 0.2) is 48.5 Å². The number of hydrogen-bond donors (Lipinski definition) is 1. The largest absolute Gasteiger partial charge is 0.497 e. The lowest BCUT2D eigenvalue weighted by Gasteiger charge is -2.15. The SMILES string of the molecule is COC(=O)[C@@H]1C[C@@H](Oc2nc(-c3ccccc3)nc3ccc(OC)cc23)CN1. The molecule has 0 saturated carbocycles. The minimum Gasteiger partial charge on any atom is -0.497 e. The molecule has 0 unspecified atom stereocenters. The van der Waals surface area contributed by atoms with Crippen LogP contribution in [0.25, 0.3) is 22.3 Å². The molecule has 3 aromatic rings. The number of hydrogen-bond acceptors (Lipinski definition) is 7. The first-order valence-corrected chi connectivity index (χ1v) is 9.07. The molecule has 0 radical (unpaired) electrons. The highest BCUT2D eigenvalue weighted by Crippen LogP contribution is 2.31. The molecule has 2 heterocycles. The van der Waals surface area contributed by atoms with Crippen molar-refractivity contribution in [3.63, 3.8) is 0 Å². The summed E-state index contributed by atoms with van der Waals surface area (Å²) in [6.45, 7) is 0.538. The molecule has 1 N–H and O–H groups in total. The first-order chi connectivity index (χ1) is 13.7. The van der Waals surface area contributed by atoms with Crippen LogP contribution < -0.4 is 14.8 Å². The lowest BCUT2D eigenvalue weighted by atomic mass is 10.1. The standard InChI is InChI=1S/C21H21N3O4/c1-26-14-8-9-17-16(10-14)20(24-19(23-17)13-6-4-3-5-7-13)28-15-11-18(22-12-15)21(25)27-2/h3-10,15,18,22H,11-12H2,1-2H3/t15-,18+/m1/s1. The Bertz CT molecular complexity index is 994. The van der Waals surface area contributed by atoms with Gasteiger partial charge in [0.05, 0.1) is 25.1 Å². The summed E-state index contributed by atoms with van der Waals surface area (Å²) in [6, 6.07) is 15.0. The normalized spacial score (nSPS) is 18.8. The number of carbonyl (C=O) groups is 1.